The normalized spacial score (nSPS) is 13.2. The quantitative estimate of drug-likeness (QED) is 0.204. The second-order valence-corrected chi connectivity index (χ2v) is 12.6. The largest absolute Gasteiger partial charge is 0.309 e. The Hall–Kier alpha value is -5.80. The van der Waals surface area contributed by atoms with Crippen molar-refractivity contribution in [2.24, 2.45) is 0 Å². The number of fused-ring (bicyclic) bond motifs is 6. The molecule has 0 N–H and O–H groups in total. The third-order valence-corrected chi connectivity index (χ3v) is 9.62. The molecule has 0 radical (unpaired) electrons. The van der Waals surface area contributed by atoms with Crippen molar-refractivity contribution in [2.45, 2.75) is 19.3 Å². The van der Waals surface area contributed by atoms with Crippen molar-refractivity contribution in [2.75, 3.05) is 0 Å². The van der Waals surface area contributed by atoms with Crippen molar-refractivity contribution in [1.82, 2.24) is 14.5 Å². The van der Waals surface area contributed by atoms with Crippen molar-refractivity contribution < 1.29 is 0 Å². The number of hydrogen-bond donors (Lipinski definition) is 0. The summed E-state index contributed by atoms with van der Waals surface area (Å²) in [7, 11) is 0. The summed E-state index contributed by atoms with van der Waals surface area (Å²) in [6, 6.07) is 53.9. The maximum atomic E-state index is 5.32. The number of para-hydroxylation sites is 2. The first-order chi connectivity index (χ1) is 22.6. The monoisotopic (exact) mass is 589 g/mol. The molecule has 0 spiro atoms. The van der Waals surface area contributed by atoms with Crippen LogP contribution in [0.5, 0.6) is 0 Å². The molecule has 0 bridgehead atoms. The first-order valence-corrected chi connectivity index (χ1v) is 15.9. The van der Waals surface area contributed by atoms with Crippen LogP contribution in [0.4, 0.5) is 0 Å². The van der Waals surface area contributed by atoms with Crippen LogP contribution in [-0.4, -0.2) is 14.5 Å². The maximum Gasteiger partial charge on any atom is 0.160 e. The number of hydrogen-bond acceptors (Lipinski definition) is 2. The van der Waals surface area contributed by atoms with Crippen LogP contribution < -0.4 is 0 Å². The smallest absolute Gasteiger partial charge is 0.160 e. The second kappa shape index (κ2) is 10.1. The molecule has 1 aliphatic carbocycles. The zero-order chi connectivity index (χ0) is 30.8. The van der Waals surface area contributed by atoms with Gasteiger partial charge < -0.3 is 4.57 Å². The van der Waals surface area contributed by atoms with Crippen LogP contribution >= 0.6 is 0 Å². The van der Waals surface area contributed by atoms with Crippen molar-refractivity contribution in [3.05, 3.63) is 163 Å². The maximum absolute atomic E-state index is 5.32. The molecule has 6 aromatic carbocycles. The molecule has 8 aromatic rings. The lowest BCUT2D eigenvalue weighted by Crippen LogP contribution is -2.14. The van der Waals surface area contributed by atoms with Crippen LogP contribution in [0.25, 0.3) is 72.5 Å². The fourth-order valence-electron chi connectivity index (χ4n) is 7.42. The molecular weight excluding hydrogens is 558 g/mol. The van der Waals surface area contributed by atoms with Gasteiger partial charge in [0, 0.05) is 38.6 Å². The van der Waals surface area contributed by atoms with Gasteiger partial charge in [0.15, 0.2) is 5.82 Å². The van der Waals surface area contributed by atoms with E-state index < -0.39 is 0 Å². The van der Waals surface area contributed by atoms with E-state index in [1.807, 2.05) is 6.07 Å². The first kappa shape index (κ1) is 26.6. The van der Waals surface area contributed by atoms with E-state index in [-0.39, 0.29) is 5.41 Å². The summed E-state index contributed by atoms with van der Waals surface area (Å²) in [6.45, 7) is 4.64. The summed E-state index contributed by atoms with van der Waals surface area (Å²) in [5, 5.41) is 2.49. The van der Waals surface area contributed by atoms with Gasteiger partial charge in [-0.25, -0.2) is 9.97 Å². The lowest BCUT2D eigenvalue weighted by Gasteiger charge is -2.21. The Kier molecular flexibility index (Phi) is 5.85. The fourth-order valence-corrected chi connectivity index (χ4v) is 7.42. The highest BCUT2D eigenvalue weighted by Crippen LogP contribution is 2.52. The van der Waals surface area contributed by atoms with Crippen LogP contribution in [0.2, 0.25) is 0 Å². The second-order valence-electron chi connectivity index (χ2n) is 12.6. The van der Waals surface area contributed by atoms with Gasteiger partial charge in [-0.1, -0.05) is 135 Å². The molecule has 218 valence electrons. The van der Waals surface area contributed by atoms with Crippen molar-refractivity contribution in [3.63, 3.8) is 0 Å². The van der Waals surface area contributed by atoms with Gasteiger partial charge in [-0.3, -0.25) is 0 Å². The Balaban J connectivity index is 1.27. The Morgan fingerprint density at radius 3 is 1.85 bits per heavy atom. The van der Waals surface area contributed by atoms with E-state index in [0.717, 1.165) is 33.8 Å². The van der Waals surface area contributed by atoms with Crippen LogP contribution in [-0.2, 0) is 5.41 Å². The molecular formula is C43H31N3. The van der Waals surface area contributed by atoms with E-state index in [9.17, 15) is 0 Å². The van der Waals surface area contributed by atoms with Gasteiger partial charge in [0.2, 0.25) is 0 Å². The van der Waals surface area contributed by atoms with Gasteiger partial charge in [0.05, 0.1) is 22.4 Å². The molecule has 0 unspecified atom stereocenters. The van der Waals surface area contributed by atoms with Crippen LogP contribution in [0.15, 0.2) is 152 Å². The Morgan fingerprint density at radius 1 is 0.478 bits per heavy atom. The first-order valence-electron chi connectivity index (χ1n) is 15.9. The molecule has 0 aliphatic heterocycles. The van der Waals surface area contributed by atoms with Gasteiger partial charge in [0.25, 0.3) is 0 Å². The summed E-state index contributed by atoms with van der Waals surface area (Å²) < 4.78 is 2.35. The highest BCUT2D eigenvalue weighted by molar-refractivity contribution is 6.09. The van der Waals surface area contributed by atoms with Crippen molar-refractivity contribution in [3.8, 4) is 50.7 Å². The van der Waals surface area contributed by atoms with Crippen LogP contribution in [0.1, 0.15) is 25.0 Å². The highest BCUT2D eigenvalue weighted by Gasteiger charge is 2.36. The molecule has 0 amide bonds. The Morgan fingerprint density at radius 2 is 1.07 bits per heavy atom. The van der Waals surface area contributed by atoms with Crippen molar-refractivity contribution in [1.29, 1.82) is 0 Å². The van der Waals surface area contributed by atoms with Gasteiger partial charge in [-0.05, 0) is 52.6 Å². The topological polar surface area (TPSA) is 30.7 Å². The lowest BCUT2D eigenvalue weighted by atomic mass is 9.82. The van der Waals surface area contributed by atoms with Crippen LogP contribution in [0.3, 0.4) is 0 Å². The molecule has 46 heavy (non-hydrogen) atoms. The molecule has 0 fully saturated rings. The molecule has 1 aliphatic rings. The summed E-state index contributed by atoms with van der Waals surface area (Å²) in [6.07, 6.45) is 0. The summed E-state index contributed by atoms with van der Waals surface area (Å²) in [5.74, 6) is 0.710. The van der Waals surface area contributed by atoms with Gasteiger partial charge in [0.1, 0.15) is 0 Å². The molecule has 0 saturated carbocycles. The van der Waals surface area contributed by atoms with Gasteiger partial charge in [-0.2, -0.15) is 0 Å². The fraction of sp³-hybridized carbons (Fsp3) is 0.0698. The third-order valence-electron chi connectivity index (χ3n) is 9.62. The average Bonchev–Trinajstić information content (AvgIpc) is 3.57. The van der Waals surface area contributed by atoms with E-state index in [0.29, 0.717) is 5.82 Å². The lowest BCUT2D eigenvalue weighted by molar-refractivity contribution is 0.660. The number of aromatic nitrogens is 3. The van der Waals surface area contributed by atoms with Crippen LogP contribution in [0, 0.1) is 0 Å². The van der Waals surface area contributed by atoms with E-state index in [1.54, 1.807) is 0 Å². The molecule has 2 aromatic heterocycles. The molecule has 0 atom stereocenters. The number of nitrogens with zero attached hydrogens (tertiary/aromatic N) is 3. The number of benzene rings is 6. The molecule has 9 rings (SSSR count). The SMILES string of the molecule is CC1(C)c2ccccc2-c2c(-c3cc(-c4ccccc4)nc(-c4cccc(-n5c6ccccc6c6ccccc65)c4)n3)cccc21. The summed E-state index contributed by atoms with van der Waals surface area (Å²) >= 11 is 0. The van der Waals surface area contributed by atoms with Gasteiger partial charge in [-0.15, -0.1) is 0 Å². The minimum absolute atomic E-state index is 0.0866. The minimum Gasteiger partial charge on any atom is -0.309 e. The molecule has 2 heterocycles. The number of rotatable bonds is 4. The van der Waals surface area contributed by atoms with E-state index in [4.69, 9.17) is 9.97 Å². The zero-order valence-electron chi connectivity index (χ0n) is 25.8. The Bertz CT molecular complexity index is 2400. The average molecular weight is 590 g/mol. The minimum atomic E-state index is -0.0866. The van der Waals surface area contributed by atoms with Crippen molar-refractivity contribution >= 4 is 21.8 Å². The molecule has 3 nitrogen and oxygen atoms in total. The molecule has 3 heteroatoms. The predicted octanol–water partition coefficient (Wildman–Crippen LogP) is 10.9. The molecule has 0 saturated heterocycles. The predicted molar refractivity (Wildman–Crippen MR) is 190 cm³/mol. The summed E-state index contributed by atoms with van der Waals surface area (Å²) in [5.41, 5.74) is 13.6. The highest BCUT2D eigenvalue weighted by atomic mass is 15.0. The van der Waals surface area contributed by atoms with E-state index >= 15 is 0 Å². The van der Waals surface area contributed by atoms with E-state index in [2.05, 4.69) is 164 Å². The zero-order valence-corrected chi connectivity index (χ0v) is 25.8. The summed E-state index contributed by atoms with van der Waals surface area (Å²) in [4.78, 5) is 10.5. The third kappa shape index (κ3) is 3.98. The standard InChI is InChI=1S/C43H31N3/c1-43(2)35-22-9-6-20-33(35)41-34(21-13-23-36(41)43)38-27-37(28-14-4-3-5-15-28)44-42(45-38)29-16-12-17-30(26-29)46-39-24-10-7-18-31(39)32-19-8-11-25-40(32)46/h3-27H,1-2H3. The van der Waals surface area contributed by atoms with E-state index in [1.165, 1.54) is 44.1 Å². The Labute approximate surface area is 268 Å². The van der Waals surface area contributed by atoms with Gasteiger partial charge >= 0.3 is 0 Å².